The maximum absolute atomic E-state index is 12.4. The van der Waals surface area contributed by atoms with Crippen LogP contribution in [-0.2, 0) is 21.2 Å². The number of hydrogen-bond donors (Lipinski definition) is 1. The zero-order valence-electron chi connectivity index (χ0n) is 10.9. The maximum atomic E-state index is 12.4. The van der Waals surface area contributed by atoms with Crippen molar-refractivity contribution in [1.82, 2.24) is 14.3 Å². The number of hydrogen-bond acceptors (Lipinski definition) is 4. The monoisotopic (exact) mass is 273 g/mol. The third kappa shape index (κ3) is 2.57. The molecule has 1 aliphatic rings. The van der Waals surface area contributed by atoms with Crippen molar-refractivity contribution < 1.29 is 13.2 Å². The van der Waals surface area contributed by atoms with E-state index in [4.69, 9.17) is 4.74 Å². The molecule has 6 nitrogen and oxygen atoms in total. The lowest BCUT2D eigenvalue weighted by atomic mass is 10.1. The van der Waals surface area contributed by atoms with Crippen LogP contribution in [-0.4, -0.2) is 48.0 Å². The summed E-state index contributed by atoms with van der Waals surface area (Å²) in [5.41, 5.74) is -0.446. The predicted octanol–water partition coefficient (Wildman–Crippen LogP) is 0.772. The Labute approximate surface area is 107 Å². The second-order valence-corrected chi connectivity index (χ2v) is 6.90. The first-order valence-electron chi connectivity index (χ1n) is 6.03. The van der Waals surface area contributed by atoms with Gasteiger partial charge < -0.3 is 9.72 Å². The Morgan fingerprint density at radius 2 is 2.28 bits per heavy atom. The van der Waals surface area contributed by atoms with Gasteiger partial charge in [-0.25, -0.2) is 13.4 Å². The van der Waals surface area contributed by atoms with Gasteiger partial charge in [-0.3, -0.25) is 0 Å². The molecule has 2 rings (SSSR count). The van der Waals surface area contributed by atoms with Crippen LogP contribution in [0, 0.1) is 0 Å². The largest absolute Gasteiger partial charge is 0.373 e. The van der Waals surface area contributed by atoms with E-state index < -0.39 is 15.6 Å². The highest BCUT2D eigenvalue weighted by Crippen LogP contribution is 2.22. The molecule has 0 unspecified atom stereocenters. The highest BCUT2D eigenvalue weighted by molar-refractivity contribution is 7.89. The number of aromatic nitrogens is 2. The fourth-order valence-electron chi connectivity index (χ4n) is 1.97. The van der Waals surface area contributed by atoms with Gasteiger partial charge in [-0.1, -0.05) is 6.92 Å². The minimum Gasteiger partial charge on any atom is -0.373 e. The van der Waals surface area contributed by atoms with Crippen molar-refractivity contribution in [3.63, 3.8) is 0 Å². The average molecular weight is 273 g/mol. The molecule has 1 N–H and O–H groups in total. The average Bonchev–Trinajstić information content (AvgIpc) is 2.76. The summed E-state index contributed by atoms with van der Waals surface area (Å²) in [6, 6.07) is 0. The molecule has 0 amide bonds. The van der Waals surface area contributed by atoms with Crippen LogP contribution < -0.4 is 0 Å². The quantitative estimate of drug-likeness (QED) is 0.882. The van der Waals surface area contributed by atoms with E-state index in [0.717, 1.165) is 0 Å². The first kappa shape index (κ1) is 13.5. The molecule has 0 saturated carbocycles. The number of morpholine rings is 1. The molecule has 1 saturated heterocycles. The maximum Gasteiger partial charge on any atom is 0.260 e. The fourth-order valence-corrected chi connectivity index (χ4v) is 3.48. The van der Waals surface area contributed by atoms with Gasteiger partial charge in [0.1, 0.15) is 5.82 Å². The number of nitrogens with zero attached hydrogens (tertiary/aromatic N) is 2. The van der Waals surface area contributed by atoms with Crippen LogP contribution in [0.1, 0.15) is 26.6 Å². The number of sulfonamides is 1. The standard InChI is InChI=1S/C11H19N3O3S/c1-4-9-12-7-10(13-9)18(15,16)14-5-6-17-11(2,3)8-14/h7H,4-6,8H2,1-3H3,(H,12,13). The molecular weight excluding hydrogens is 254 g/mol. The highest BCUT2D eigenvalue weighted by Gasteiger charge is 2.35. The number of ether oxygens (including phenoxy) is 1. The molecular formula is C11H19N3O3S. The van der Waals surface area contributed by atoms with E-state index in [2.05, 4.69) is 9.97 Å². The summed E-state index contributed by atoms with van der Waals surface area (Å²) in [7, 11) is -3.49. The lowest BCUT2D eigenvalue weighted by Crippen LogP contribution is -2.50. The summed E-state index contributed by atoms with van der Waals surface area (Å²) in [4.78, 5) is 6.89. The number of aromatic amines is 1. The third-order valence-electron chi connectivity index (χ3n) is 2.95. The van der Waals surface area contributed by atoms with E-state index in [1.165, 1.54) is 10.5 Å². The van der Waals surface area contributed by atoms with E-state index in [0.29, 0.717) is 31.9 Å². The van der Waals surface area contributed by atoms with Gasteiger partial charge in [0.15, 0.2) is 5.03 Å². The molecule has 7 heteroatoms. The van der Waals surface area contributed by atoms with Gasteiger partial charge in [0.05, 0.1) is 18.4 Å². The van der Waals surface area contributed by atoms with Crippen LogP contribution in [0.5, 0.6) is 0 Å². The van der Waals surface area contributed by atoms with Crippen molar-refractivity contribution in [1.29, 1.82) is 0 Å². The van der Waals surface area contributed by atoms with Crippen molar-refractivity contribution in [3.8, 4) is 0 Å². The van der Waals surface area contributed by atoms with Gasteiger partial charge in [0.2, 0.25) is 0 Å². The summed E-state index contributed by atoms with van der Waals surface area (Å²) in [5, 5.41) is 0.164. The van der Waals surface area contributed by atoms with Gasteiger partial charge >= 0.3 is 0 Å². The van der Waals surface area contributed by atoms with Crippen molar-refractivity contribution in [2.45, 2.75) is 37.8 Å². The molecule has 0 spiro atoms. The minimum atomic E-state index is -3.49. The van der Waals surface area contributed by atoms with Crippen molar-refractivity contribution in [2.75, 3.05) is 19.7 Å². The summed E-state index contributed by atoms with van der Waals surface area (Å²) in [6.07, 6.45) is 2.07. The smallest absolute Gasteiger partial charge is 0.260 e. The Balaban J connectivity index is 2.25. The highest BCUT2D eigenvalue weighted by atomic mass is 32.2. The molecule has 0 atom stereocenters. The van der Waals surface area contributed by atoms with Crippen LogP contribution in [0.25, 0.3) is 0 Å². The van der Waals surface area contributed by atoms with E-state index >= 15 is 0 Å². The summed E-state index contributed by atoms with van der Waals surface area (Å²) in [6.45, 7) is 6.86. The molecule has 0 aromatic carbocycles. The Kier molecular flexibility index (Phi) is 3.48. The molecule has 1 aliphatic heterocycles. The fraction of sp³-hybridized carbons (Fsp3) is 0.727. The Morgan fingerprint density at radius 1 is 1.56 bits per heavy atom. The zero-order chi connectivity index (χ0) is 13.4. The van der Waals surface area contributed by atoms with E-state index in [1.54, 1.807) is 0 Å². The summed E-state index contributed by atoms with van der Waals surface area (Å²) in [5.74, 6) is 0.682. The Hall–Kier alpha value is -0.920. The number of imidazole rings is 1. The van der Waals surface area contributed by atoms with E-state index in [9.17, 15) is 8.42 Å². The van der Waals surface area contributed by atoms with E-state index in [-0.39, 0.29) is 5.03 Å². The van der Waals surface area contributed by atoms with Gasteiger partial charge in [0, 0.05) is 19.5 Å². The third-order valence-corrected chi connectivity index (χ3v) is 4.70. The van der Waals surface area contributed by atoms with Crippen LogP contribution >= 0.6 is 0 Å². The second kappa shape index (κ2) is 4.64. The molecule has 0 aliphatic carbocycles. The van der Waals surface area contributed by atoms with Gasteiger partial charge in [-0.05, 0) is 13.8 Å². The molecule has 1 fully saturated rings. The second-order valence-electron chi connectivity index (χ2n) is 4.99. The Bertz CT molecular complexity index is 521. The van der Waals surface area contributed by atoms with Crippen LogP contribution in [0.3, 0.4) is 0 Å². The zero-order valence-corrected chi connectivity index (χ0v) is 11.7. The molecule has 102 valence electrons. The molecule has 0 radical (unpaired) electrons. The van der Waals surface area contributed by atoms with E-state index in [1.807, 2.05) is 20.8 Å². The molecule has 2 heterocycles. The predicted molar refractivity (Wildman–Crippen MR) is 66.8 cm³/mol. The number of nitrogens with one attached hydrogen (secondary N) is 1. The van der Waals surface area contributed by atoms with Gasteiger partial charge in [0.25, 0.3) is 10.0 Å². The summed E-state index contributed by atoms with van der Waals surface area (Å²) < 4.78 is 31.8. The first-order chi connectivity index (χ1) is 8.35. The lowest BCUT2D eigenvalue weighted by molar-refractivity contribution is -0.0640. The summed E-state index contributed by atoms with van der Waals surface area (Å²) >= 11 is 0. The van der Waals surface area contributed by atoms with Crippen molar-refractivity contribution >= 4 is 10.0 Å². The van der Waals surface area contributed by atoms with Crippen LogP contribution in [0.4, 0.5) is 0 Å². The Morgan fingerprint density at radius 3 is 2.83 bits per heavy atom. The topological polar surface area (TPSA) is 75.3 Å². The number of rotatable bonds is 3. The minimum absolute atomic E-state index is 0.164. The lowest BCUT2D eigenvalue weighted by Gasteiger charge is -2.36. The normalized spacial score (nSPS) is 21.1. The number of H-pyrrole nitrogens is 1. The van der Waals surface area contributed by atoms with Gasteiger partial charge in [-0.15, -0.1) is 0 Å². The van der Waals surface area contributed by atoms with Crippen molar-refractivity contribution in [3.05, 3.63) is 12.0 Å². The molecule has 18 heavy (non-hydrogen) atoms. The van der Waals surface area contributed by atoms with Crippen molar-refractivity contribution in [2.24, 2.45) is 0 Å². The molecule has 0 bridgehead atoms. The molecule has 1 aromatic rings. The number of aryl methyl sites for hydroxylation is 1. The van der Waals surface area contributed by atoms with Crippen LogP contribution in [0.15, 0.2) is 11.2 Å². The van der Waals surface area contributed by atoms with Gasteiger partial charge in [-0.2, -0.15) is 4.31 Å². The first-order valence-corrected chi connectivity index (χ1v) is 7.47. The van der Waals surface area contributed by atoms with Crippen LogP contribution in [0.2, 0.25) is 0 Å². The SMILES string of the molecule is CCc1ncc(S(=O)(=O)N2CCOC(C)(C)C2)[nH]1. The molecule has 1 aromatic heterocycles.